The van der Waals surface area contributed by atoms with Crippen LogP contribution in [0.2, 0.25) is 0 Å². The number of aromatic nitrogens is 2. The highest BCUT2D eigenvalue weighted by molar-refractivity contribution is 7.98. The van der Waals surface area contributed by atoms with Crippen molar-refractivity contribution < 1.29 is 19.4 Å². The minimum atomic E-state index is -0.820. The van der Waals surface area contributed by atoms with Gasteiger partial charge >= 0.3 is 0 Å². The van der Waals surface area contributed by atoms with Crippen molar-refractivity contribution in [2.45, 2.75) is 23.7 Å². The number of hydrogen-bond acceptors (Lipinski definition) is 7. The van der Waals surface area contributed by atoms with Crippen molar-refractivity contribution in [1.29, 1.82) is 0 Å². The molecule has 1 aromatic rings. The van der Waals surface area contributed by atoms with Crippen molar-refractivity contribution in [3.63, 3.8) is 0 Å². The lowest BCUT2D eigenvalue weighted by Gasteiger charge is -2.36. The zero-order valence-corrected chi connectivity index (χ0v) is 13.9. The predicted molar refractivity (Wildman–Crippen MR) is 84.1 cm³/mol. The molecule has 2 amide bonds. The van der Waals surface area contributed by atoms with Gasteiger partial charge in [0.15, 0.2) is 5.16 Å². The normalized spacial score (nSPS) is 21.1. The average molecular weight is 340 g/mol. The highest BCUT2D eigenvalue weighted by Crippen LogP contribution is 2.13. The summed E-state index contributed by atoms with van der Waals surface area (Å²) in [6.07, 6.45) is 4.42. The molecule has 126 valence electrons. The SMILES string of the molecule is COCC(=O)N1CC[C@@H](NC(=O)c2cnc(SC)nc2)[C@H](O)C1. The van der Waals surface area contributed by atoms with Gasteiger partial charge in [-0.3, -0.25) is 9.59 Å². The van der Waals surface area contributed by atoms with E-state index in [9.17, 15) is 14.7 Å². The number of likely N-dealkylation sites (tertiary alicyclic amines) is 1. The second-order valence-corrected chi connectivity index (χ2v) is 5.94. The fourth-order valence-electron chi connectivity index (χ4n) is 2.33. The first-order chi connectivity index (χ1) is 11.0. The summed E-state index contributed by atoms with van der Waals surface area (Å²) in [7, 11) is 1.45. The lowest BCUT2D eigenvalue weighted by molar-refractivity contribution is -0.138. The summed E-state index contributed by atoms with van der Waals surface area (Å²) in [6.45, 7) is 0.629. The van der Waals surface area contributed by atoms with Gasteiger partial charge < -0.3 is 20.1 Å². The van der Waals surface area contributed by atoms with E-state index in [1.165, 1.54) is 36.2 Å². The molecule has 2 atom stereocenters. The van der Waals surface area contributed by atoms with Crippen LogP contribution in [0.3, 0.4) is 0 Å². The Labute approximate surface area is 138 Å². The van der Waals surface area contributed by atoms with E-state index in [1.807, 2.05) is 6.26 Å². The van der Waals surface area contributed by atoms with Crippen LogP contribution in [0, 0.1) is 0 Å². The number of piperidine rings is 1. The monoisotopic (exact) mass is 340 g/mol. The highest BCUT2D eigenvalue weighted by atomic mass is 32.2. The summed E-state index contributed by atoms with van der Waals surface area (Å²) in [4.78, 5) is 33.5. The Kier molecular flexibility index (Phi) is 6.31. The maximum atomic E-state index is 12.2. The van der Waals surface area contributed by atoms with Gasteiger partial charge in [0.25, 0.3) is 5.91 Å². The van der Waals surface area contributed by atoms with E-state index in [0.29, 0.717) is 23.7 Å². The van der Waals surface area contributed by atoms with Crippen LogP contribution >= 0.6 is 11.8 Å². The zero-order valence-electron chi connectivity index (χ0n) is 13.1. The summed E-state index contributed by atoms with van der Waals surface area (Å²) in [6, 6.07) is -0.408. The average Bonchev–Trinajstić information content (AvgIpc) is 2.56. The first kappa shape index (κ1) is 17.6. The number of carbonyl (C=O) groups excluding carboxylic acids is 2. The molecule has 9 heteroatoms. The molecule has 0 bridgehead atoms. The molecule has 1 aromatic heterocycles. The molecule has 1 aliphatic rings. The van der Waals surface area contributed by atoms with Gasteiger partial charge in [-0.15, -0.1) is 0 Å². The number of nitrogens with zero attached hydrogens (tertiary/aromatic N) is 3. The second kappa shape index (κ2) is 8.23. The fraction of sp³-hybridized carbons (Fsp3) is 0.571. The molecule has 23 heavy (non-hydrogen) atoms. The molecular formula is C14H20N4O4S. The molecule has 0 aromatic carbocycles. The Morgan fingerprint density at radius 1 is 1.48 bits per heavy atom. The third kappa shape index (κ3) is 4.63. The number of β-amino-alcohol motifs (C(OH)–C–C–N with tert-alkyl or cyclic N) is 1. The maximum absolute atomic E-state index is 12.2. The Morgan fingerprint density at radius 2 is 2.17 bits per heavy atom. The summed E-state index contributed by atoms with van der Waals surface area (Å²) in [5, 5.41) is 13.5. The fourth-order valence-corrected chi connectivity index (χ4v) is 2.65. The van der Waals surface area contributed by atoms with Crippen LogP contribution in [0.15, 0.2) is 17.6 Å². The Balaban J connectivity index is 1.90. The Bertz CT molecular complexity index is 554. The van der Waals surface area contributed by atoms with E-state index in [1.54, 1.807) is 0 Å². The second-order valence-electron chi connectivity index (χ2n) is 5.17. The van der Waals surface area contributed by atoms with Crippen molar-refractivity contribution >= 4 is 23.6 Å². The van der Waals surface area contributed by atoms with E-state index in [0.717, 1.165) is 0 Å². The third-order valence-corrected chi connectivity index (χ3v) is 4.17. The van der Waals surface area contributed by atoms with Gasteiger partial charge in [-0.2, -0.15) is 0 Å². The van der Waals surface area contributed by atoms with Crippen LogP contribution in [-0.2, 0) is 9.53 Å². The molecule has 0 aliphatic carbocycles. The highest BCUT2D eigenvalue weighted by Gasteiger charge is 2.31. The molecule has 0 spiro atoms. The lowest BCUT2D eigenvalue weighted by atomic mass is 10.0. The van der Waals surface area contributed by atoms with E-state index >= 15 is 0 Å². The van der Waals surface area contributed by atoms with Crippen LogP contribution in [0.1, 0.15) is 16.8 Å². The van der Waals surface area contributed by atoms with Crippen molar-refractivity contribution in [1.82, 2.24) is 20.2 Å². The first-order valence-corrected chi connectivity index (χ1v) is 8.39. The van der Waals surface area contributed by atoms with E-state index < -0.39 is 12.1 Å². The third-order valence-electron chi connectivity index (χ3n) is 3.59. The van der Waals surface area contributed by atoms with Gasteiger partial charge in [-0.1, -0.05) is 11.8 Å². The molecule has 0 unspecified atom stereocenters. The minimum Gasteiger partial charge on any atom is -0.389 e. The van der Waals surface area contributed by atoms with Gasteiger partial charge in [0.2, 0.25) is 5.91 Å². The quantitative estimate of drug-likeness (QED) is 0.552. The van der Waals surface area contributed by atoms with Crippen LogP contribution in [0.25, 0.3) is 0 Å². The molecule has 2 rings (SSSR count). The van der Waals surface area contributed by atoms with Crippen molar-refractivity contribution in [3.05, 3.63) is 18.0 Å². The van der Waals surface area contributed by atoms with E-state index in [2.05, 4.69) is 15.3 Å². The largest absolute Gasteiger partial charge is 0.389 e. The molecule has 1 fully saturated rings. The summed E-state index contributed by atoms with van der Waals surface area (Å²) in [5.41, 5.74) is 0.341. The zero-order chi connectivity index (χ0) is 16.8. The number of aliphatic hydroxyl groups excluding tert-OH is 1. The first-order valence-electron chi connectivity index (χ1n) is 7.16. The van der Waals surface area contributed by atoms with Crippen molar-refractivity contribution in [2.24, 2.45) is 0 Å². The topological polar surface area (TPSA) is 105 Å². The number of rotatable bonds is 5. The van der Waals surface area contributed by atoms with Gasteiger partial charge in [-0.05, 0) is 12.7 Å². The standard InChI is InChI=1S/C14H20N4O4S/c1-22-8-12(20)18-4-3-10(11(19)7-18)17-13(21)9-5-15-14(23-2)16-6-9/h5-6,10-11,19H,3-4,7-8H2,1-2H3,(H,17,21)/t10-,11-/m1/s1. The summed E-state index contributed by atoms with van der Waals surface area (Å²) < 4.78 is 4.80. The number of hydrogen-bond donors (Lipinski definition) is 2. The molecular weight excluding hydrogens is 320 g/mol. The number of methoxy groups -OCH3 is 1. The molecule has 0 saturated carbocycles. The Morgan fingerprint density at radius 3 is 2.74 bits per heavy atom. The van der Waals surface area contributed by atoms with Gasteiger partial charge in [0, 0.05) is 32.6 Å². The number of ether oxygens (including phenoxy) is 1. The number of carbonyl (C=O) groups is 2. The summed E-state index contributed by atoms with van der Waals surface area (Å²) >= 11 is 1.39. The van der Waals surface area contributed by atoms with Gasteiger partial charge in [-0.25, -0.2) is 9.97 Å². The number of thioether (sulfide) groups is 1. The molecule has 2 N–H and O–H groups in total. The van der Waals surface area contributed by atoms with E-state index in [4.69, 9.17) is 4.74 Å². The predicted octanol–water partition coefficient (Wildman–Crippen LogP) is -0.463. The van der Waals surface area contributed by atoms with Gasteiger partial charge in [0.05, 0.1) is 17.7 Å². The minimum absolute atomic E-state index is 0.0110. The molecule has 0 radical (unpaired) electrons. The van der Waals surface area contributed by atoms with Crippen LogP contribution in [0.4, 0.5) is 0 Å². The van der Waals surface area contributed by atoms with Crippen LogP contribution in [-0.4, -0.2) is 77.0 Å². The molecule has 1 saturated heterocycles. The number of amides is 2. The molecule has 2 heterocycles. The smallest absolute Gasteiger partial charge is 0.254 e. The lowest BCUT2D eigenvalue weighted by Crippen LogP contribution is -2.55. The molecule has 8 nitrogen and oxygen atoms in total. The summed E-state index contributed by atoms with van der Waals surface area (Å²) in [5.74, 6) is -0.504. The molecule has 1 aliphatic heterocycles. The van der Waals surface area contributed by atoms with Crippen LogP contribution in [0.5, 0.6) is 0 Å². The number of nitrogens with one attached hydrogen (secondary N) is 1. The Hall–Kier alpha value is -1.71. The van der Waals surface area contributed by atoms with Crippen molar-refractivity contribution in [3.8, 4) is 0 Å². The number of aliphatic hydroxyl groups is 1. The van der Waals surface area contributed by atoms with Gasteiger partial charge in [0.1, 0.15) is 6.61 Å². The maximum Gasteiger partial charge on any atom is 0.254 e. The van der Waals surface area contributed by atoms with Crippen LogP contribution < -0.4 is 5.32 Å². The van der Waals surface area contributed by atoms with Crippen molar-refractivity contribution in [2.75, 3.05) is 33.1 Å². The van der Waals surface area contributed by atoms with E-state index in [-0.39, 0.29) is 25.0 Å².